The van der Waals surface area contributed by atoms with E-state index in [0.29, 0.717) is 6.61 Å². The summed E-state index contributed by atoms with van der Waals surface area (Å²) < 4.78 is 5.37. The molecule has 1 N–H and O–H groups in total. The van der Waals surface area contributed by atoms with Crippen molar-refractivity contribution in [2.45, 2.75) is 13.8 Å². The molecular weight excluding hydrogens is 190 g/mol. The van der Waals surface area contributed by atoms with E-state index < -0.39 is 0 Å². The molecular formula is C12H13NO2. The molecule has 0 aliphatic heterocycles. The molecule has 0 amide bonds. The molecule has 0 atom stereocenters. The molecule has 0 saturated carbocycles. The first-order valence-corrected chi connectivity index (χ1v) is 4.97. The Morgan fingerprint density at radius 2 is 2.13 bits per heavy atom. The lowest BCUT2D eigenvalue weighted by Gasteiger charge is -2.05. The summed E-state index contributed by atoms with van der Waals surface area (Å²) in [5, 5.41) is 1.05. The van der Waals surface area contributed by atoms with Crippen molar-refractivity contribution in [3.63, 3.8) is 0 Å². The van der Waals surface area contributed by atoms with Gasteiger partial charge in [0.25, 0.3) is 0 Å². The van der Waals surface area contributed by atoms with Crippen molar-refractivity contribution < 1.29 is 4.74 Å². The van der Waals surface area contributed by atoms with E-state index in [1.165, 1.54) is 0 Å². The molecule has 2 rings (SSSR count). The summed E-state index contributed by atoms with van der Waals surface area (Å²) in [6.07, 6.45) is 0. The van der Waals surface area contributed by atoms with Crippen LogP contribution in [0.15, 0.2) is 29.1 Å². The van der Waals surface area contributed by atoms with Gasteiger partial charge in [0.1, 0.15) is 5.75 Å². The average Bonchev–Trinajstić information content (AvgIpc) is 2.17. The highest BCUT2D eigenvalue weighted by atomic mass is 16.5. The van der Waals surface area contributed by atoms with Gasteiger partial charge < -0.3 is 9.72 Å². The molecule has 78 valence electrons. The van der Waals surface area contributed by atoms with Crippen LogP contribution in [0.3, 0.4) is 0 Å². The standard InChI is InChI=1S/C12H13NO2/c1-3-15-9-4-5-10-8(2)6-12(14)13-11(10)7-9/h4-7H,3H2,1-2H3,(H,13,14). The van der Waals surface area contributed by atoms with E-state index in [2.05, 4.69) is 4.98 Å². The van der Waals surface area contributed by atoms with Crippen LogP contribution in [0.5, 0.6) is 5.75 Å². The Morgan fingerprint density at radius 1 is 1.33 bits per heavy atom. The van der Waals surface area contributed by atoms with E-state index in [0.717, 1.165) is 22.2 Å². The van der Waals surface area contributed by atoms with Crippen LogP contribution in [-0.4, -0.2) is 11.6 Å². The topological polar surface area (TPSA) is 42.1 Å². The highest BCUT2D eigenvalue weighted by Crippen LogP contribution is 2.20. The van der Waals surface area contributed by atoms with Gasteiger partial charge in [0.05, 0.1) is 12.1 Å². The fourth-order valence-electron chi connectivity index (χ4n) is 1.67. The summed E-state index contributed by atoms with van der Waals surface area (Å²) in [4.78, 5) is 14.1. The summed E-state index contributed by atoms with van der Waals surface area (Å²) in [5.41, 5.74) is 1.73. The Labute approximate surface area is 87.7 Å². The maximum Gasteiger partial charge on any atom is 0.248 e. The molecule has 0 saturated heterocycles. The Bertz CT molecular complexity index is 543. The first-order chi connectivity index (χ1) is 7.20. The monoisotopic (exact) mass is 203 g/mol. The SMILES string of the molecule is CCOc1ccc2c(C)cc(=O)[nH]c2c1. The molecule has 0 spiro atoms. The minimum atomic E-state index is -0.0753. The summed E-state index contributed by atoms with van der Waals surface area (Å²) >= 11 is 0. The molecule has 0 bridgehead atoms. The zero-order valence-corrected chi connectivity index (χ0v) is 8.83. The highest BCUT2D eigenvalue weighted by Gasteiger charge is 2.01. The second-order valence-electron chi connectivity index (χ2n) is 3.46. The molecule has 0 aliphatic carbocycles. The van der Waals surface area contributed by atoms with Gasteiger partial charge in [-0.3, -0.25) is 4.79 Å². The Balaban J connectivity index is 2.65. The number of aromatic amines is 1. The van der Waals surface area contributed by atoms with Crippen molar-refractivity contribution in [1.82, 2.24) is 4.98 Å². The molecule has 3 heteroatoms. The van der Waals surface area contributed by atoms with Crippen LogP contribution in [0.25, 0.3) is 10.9 Å². The van der Waals surface area contributed by atoms with Gasteiger partial charge in [0, 0.05) is 17.5 Å². The van der Waals surface area contributed by atoms with E-state index >= 15 is 0 Å². The van der Waals surface area contributed by atoms with Gasteiger partial charge >= 0.3 is 0 Å². The molecule has 15 heavy (non-hydrogen) atoms. The minimum absolute atomic E-state index is 0.0753. The Morgan fingerprint density at radius 3 is 2.87 bits per heavy atom. The third-order valence-electron chi connectivity index (χ3n) is 2.33. The molecule has 1 aromatic heterocycles. The van der Waals surface area contributed by atoms with Crippen molar-refractivity contribution in [3.8, 4) is 5.75 Å². The molecule has 1 aromatic carbocycles. The zero-order valence-electron chi connectivity index (χ0n) is 8.83. The highest BCUT2D eigenvalue weighted by molar-refractivity contribution is 5.82. The second-order valence-corrected chi connectivity index (χ2v) is 3.46. The maximum atomic E-state index is 11.3. The van der Waals surface area contributed by atoms with Crippen LogP contribution in [0.2, 0.25) is 0 Å². The smallest absolute Gasteiger partial charge is 0.248 e. The molecule has 3 nitrogen and oxygen atoms in total. The van der Waals surface area contributed by atoms with Gasteiger partial charge in [-0.1, -0.05) is 0 Å². The van der Waals surface area contributed by atoms with Crippen molar-refractivity contribution in [1.29, 1.82) is 0 Å². The lowest BCUT2D eigenvalue weighted by atomic mass is 10.1. The van der Waals surface area contributed by atoms with Gasteiger partial charge in [-0.25, -0.2) is 0 Å². The fraction of sp³-hybridized carbons (Fsp3) is 0.250. The number of fused-ring (bicyclic) bond motifs is 1. The summed E-state index contributed by atoms with van der Waals surface area (Å²) in [7, 11) is 0. The van der Waals surface area contributed by atoms with Gasteiger partial charge in [-0.05, 0) is 31.5 Å². The molecule has 2 aromatic rings. The number of nitrogens with one attached hydrogen (secondary N) is 1. The Kier molecular flexibility index (Phi) is 2.46. The molecule has 0 aliphatic rings. The van der Waals surface area contributed by atoms with Crippen LogP contribution >= 0.6 is 0 Å². The average molecular weight is 203 g/mol. The van der Waals surface area contributed by atoms with Gasteiger partial charge in [0.2, 0.25) is 5.56 Å². The molecule has 0 radical (unpaired) electrons. The maximum absolute atomic E-state index is 11.3. The molecule has 0 unspecified atom stereocenters. The Hall–Kier alpha value is -1.77. The summed E-state index contributed by atoms with van der Waals surface area (Å²) in [6, 6.07) is 7.33. The number of rotatable bonds is 2. The quantitative estimate of drug-likeness (QED) is 0.813. The second kappa shape index (κ2) is 3.77. The van der Waals surface area contributed by atoms with Crippen LogP contribution in [-0.2, 0) is 0 Å². The fourth-order valence-corrected chi connectivity index (χ4v) is 1.67. The minimum Gasteiger partial charge on any atom is -0.494 e. The third-order valence-corrected chi connectivity index (χ3v) is 2.33. The van der Waals surface area contributed by atoms with Crippen LogP contribution in [0.4, 0.5) is 0 Å². The third kappa shape index (κ3) is 1.86. The number of pyridine rings is 1. The number of aryl methyl sites for hydroxylation is 1. The zero-order chi connectivity index (χ0) is 10.8. The van der Waals surface area contributed by atoms with Crippen molar-refractivity contribution in [3.05, 3.63) is 40.2 Å². The van der Waals surface area contributed by atoms with E-state index in [1.807, 2.05) is 32.0 Å². The predicted molar refractivity (Wildman–Crippen MR) is 60.5 cm³/mol. The van der Waals surface area contributed by atoms with Crippen LogP contribution < -0.4 is 10.3 Å². The van der Waals surface area contributed by atoms with Crippen molar-refractivity contribution >= 4 is 10.9 Å². The number of aromatic nitrogens is 1. The van der Waals surface area contributed by atoms with E-state index in [-0.39, 0.29) is 5.56 Å². The van der Waals surface area contributed by atoms with Crippen molar-refractivity contribution in [2.24, 2.45) is 0 Å². The van der Waals surface area contributed by atoms with E-state index in [4.69, 9.17) is 4.74 Å². The first kappa shape index (κ1) is 9.77. The number of benzene rings is 1. The lowest BCUT2D eigenvalue weighted by molar-refractivity contribution is 0.340. The van der Waals surface area contributed by atoms with E-state index in [9.17, 15) is 4.79 Å². The molecule has 1 heterocycles. The molecule has 0 fully saturated rings. The first-order valence-electron chi connectivity index (χ1n) is 4.97. The number of hydrogen-bond acceptors (Lipinski definition) is 2. The normalized spacial score (nSPS) is 10.5. The van der Waals surface area contributed by atoms with Gasteiger partial charge in [0.15, 0.2) is 0 Å². The predicted octanol–water partition coefficient (Wildman–Crippen LogP) is 2.24. The largest absolute Gasteiger partial charge is 0.494 e. The van der Waals surface area contributed by atoms with E-state index in [1.54, 1.807) is 6.07 Å². The van der Waals surface area contributed by atoms with Crippen molar-refractivity contribution in [2.75, 3.05) is 6.61 Å². The van der Waals surface area contributed by atoms with Crippen LogP contribution in [0, 0.1) is 6.92 Å². The summed E-state index contributed by atoms with van der Waals surface area (Å²) in [6.45, 7) is 4.49. The summed E-state index contributed by atoms with van der Waals surface area (Å²) in [5.74, 6) is 0.784. The number of H-pyrrole nitrogens is 1. The van der Waals surface area contributed by atoms with Gasteiger partial charge in [-0.15, -0.1) is 0 Å². The van der Waals surface area contributed by atoms with Gasteiger partial charge in [-0.2, -0.15) is 0 Å². The number of hydrogen-bond donors (Lipinski definition) is 1. The number of ether oxygens (including phenoxy) is 1. The van der Waals surface area contributed by atoms with Crippen LogP contribution in [0.1, 0.15) is 12.5 Å². The lowest BCUT2D eigenvalue weighted by Crippen LogP contribution is -2.04.